The molecule has 0 aromatic carbocycles. The van der Waals surface area contributed by atoms with Crippen LogP contribution in [-0.4, -0.2) is 31.5 Å². The summed E-state index contributed by atoms with van der Waals surface area (Å²) in [6.45, 7) is 4.26. The first-order valence-corrected chi connectivity index (χ1v) is 6.32. The molecule has 0 saturated heterocycles. The Balaban J connectivity index is 2.09. The summed E-state index contributed by atoms with van der Waals surface area (Å²) < 4.78 is 1.67. The molecular weight excluding hydrogens is 244 g/mol. The van der Waals surface area contributed by atoms with Gasteiger partial charge >= 0.3 is 0 Å². The first-order valence-electron chi connectivity index (χ1n) is 6.32. The lowest BCUT2D eigenvalue weighted by Gasteiger charge is -2.12. The summed E-state index contributed by atoms with van der Waals surface area (Å²) in [5.41, 5.74) is 6.79. The highest BCUT2D eigenvalue weighted by Crippen LogP contribution is 2.13. The molecule has 19 heavy (non-hydrogen) atoms. The lowest BCUT2D eigenvalue weighted by Crippen LogP contribution is -2.34. The van der Waals surface area contributed by atoms with Crippen molar-refractivity contribution in [2.24, 2.45) is 0 Å². The van der Waals surface area contributed by atoms with E-state index in [2.05, 4.69) is 27.2 Å². The van der Waals surface area contributed by atoms with E-state index >= 15 is 0 Å². The number of nitrogen functional groups attached to an aromatic ring is 1. The SMILES string of the molecule is CCCC(C)NC(=O)Cn1cnc2c(N)ncnc21. The maximum Gasteiger partial charge on any atom is 0.240 e. The van der Waals surface area contributed by atoms with E-state index in [1.165, 1.54) is 6.33 Å². The third-order valence-electron chi connectivity index (χ3n) is 2.87. The van der Waals surface area contributed by atoms with Gasteiger partial charge in [-0.25, -0.2) is 15.0 Å². The molecule has 2 heterocycles. The molecule has 0 fully saturated rings. The zero-order valence-electron chi connectivity index (χ0n) is 11.1. The maximum absolute atomic E-state index is 11.9. The van der Waals surface area contributed by atoms with Gasteiger partial charge in [0.2, 0.25) is 5.91 Å². The minimum absolute atomic E-state index is 0.0579. The van der Waals surface area contributed by atoms with Crippen LogP contribution in [0.25, 0.3) is 11.2 Å². The topological polar surface area (TPSA) is 98.7 Å². The number of nitrogens with one attached hydrogen (secondary N) is 1. The molecule has 2 rings (SSSR count). The molecule has 102 valence electrons. The van der Waals surface area contributed by atoms with Crippen LogP contribution in [0.15, 0.2) is 12.7 Å². The highest BCUT2D eigenvalue weighted by Gasteiger charge is 2.12. The molecule has 0 bridgehead atoms. The van der Waals surface area contributed by atoms with Gasteiger partial charge in [0, 0.05) is 6.04 Å². The van der Waals surface area contributed by atoms with E-state index < -0.39 is 0 Å². The number of fused-ring (bicyclic) bond motifs is 1. The zero-order valence-corrected chi connectivity index (χ0v) is 11.1. The molecule has 2 aromatic rings. The summed E-state index contributed by atoms with van der Waals surface area (Å²) in [5.74, 6) is 0.265. The van der Waals surface area contributed by atoms with Crippen molar-refractivity contribution in [3.63, 3.8) is 0 Å². The van der Waals surface area contributed by atoms with E-state index in [1.54, 1.807) is 10.9 Å². The Labute approximate surface area is 111 Å². The monoisotopic (exact) mass is 262 g/mol. The summed E-state index contributed by atoms with van der Waals surface area (Å²) >= 11 is 0. The summed E-state index contributed by atoms with van der Waals surface area (Å²) in [5, 5.41) is 2.94. The smallest absolute Gasteiger partial charge is 0.240 e. The van der Waals surface area contributed by atoms with Gasteiger partial charge in [-0.3, -0.25) is 4.79 Å². The van der Waals surface area contributed by atoms with E-state index in [1.807, 2.05) is 6.92 Å². The lowest BCUT2D eigenvalue weighted by molar-refractivity contribution is -0.122. The Kier molecular flexibility index (Phi) is 3.94. The minimum Gasteiger partial charge on any atom is -0.382 e. The average Bonchev–Trinajstić information content (AvgIpc) is 2.74. The molecular formula is C12H18N6O. The Morgan fingerprint density at radius 2 is 2.26 bits per heavy atom. The number of rotatable bonds is 5. The second-order valence-corrected chi connectivity index (χ2v) is 4.56. The number of hydrogen-bond donors (Lipinski definition) is 2. The van der Waals surface area contributed by atoms with Gasteiger partial charge < -0.3 is 15.6 Å². The largest absolute Gasteiger partial charge is 0.382 e. The lowest BCUT2D eigenvalue weighted by atomic mass is 10.2. The number of carbonyl (C=O) groups is 1. The number of carbonyl (C=O) groups excluding carboxylic acids is 1. The quantitative estimate of drug-likeness (QED) is 0.827. The first-order chi connectivity index (χ1) is 9.11. The van der Waals surface area contributed by atoms with E-state index in [9.17, 15) is 4.79 Å². The predicted molar refractivity (Wildman–Crippen MR) is 72.2 cm³/mol. The highest BCUT2D eigenvalue weighted by atomic mass is 16.2. The maximum atomic E-state index is 11.9. The summed E-state index contributed by atoms with van der Waals surface area (Å²) in [6, 6.07) is 0.173. The van der Waals surface area contributed by atoms with Crippen LogP contribution in [0.4, 0.5) is 5.82 Å². The van der Waals surface area contributed by atoms with Crippen LogP contribution in [0.2, 0.25) is 0 Å². The zero-order chi connectivity index (χ0) is 13.8. The third kappa shape index (κ3) is 2.98. The molecule has 1 unspecified atom stereocenters. The molecule has 1 amide bonds. The van der Waals surface area contributed by atoms with Crippen molar-refractivity contribution in [3.8, 4) is 0 Å². The molecule has 7 heteroatoms. The number of aromatic nitrogens is 4. The fraction of sp³-hybridized carbons (Fsp3) is 0.500. The van der Waals surface area contributed by atoms with Crippen molar-refractivity contribution in [2.75, 3.05) is 5.73 Å². The molecule has 0 spiro atoms. The van der Waals surface area contributed by atoms with Crippen molar-refractivity contribution in [1.82, 2.24) is 24.8 Å². The molecule has 0 aliphatic rings. The van der Waals surface area contributed by atoms with Gasteiger partial charge in [0.15, 0.2) is 11.5 Å². The Bertz CT molecular complexity index is 579. The van der Waals surface area contributed by atoms with Crippen LogP contribution >= 0.6 is 0 Å². The third-order valence-corrected chi connectivity index (χ3v) is 2.87. The van der Waals surface area contributed by atoms with Crippen LogP contribution in [0.5, 0.6) is 0 Å². The van der Waals surface area contributed by atoms with E-state index in [4.69, 9.17) is 5.73 Å². The van der Waals surface area contributed by atoms with Gasteiger partial charge in [-0.05, 0) is 13.3 Å². The van der Waals surface area contributed by atoms with Gasteiger partial charge in [-0.15, -0.1) is 0 Å². The van der Waals surface area contributed by atoms with Crippen molar-refractivity contribution in [2.45, 2.75) is 39.3 Å². The normalized spacial score (nSPS) is 12.5. The van der Waals surface area contributed by atoms with Gasteiger partial charge in [-0.1, -0.05) is 13.3 Å². The van der Waals surface area contributed by atoms with E-state index in [0.29, 0.717) is 17.0 Å². The van der Waals surface area contributed by atoms with E-state index in [-0.39, 0.29) is 18.5 Å². The summed E-state index contributed by atoms with van der Waals surface area (Å²) in [7, 11) is 0. The number of amides is 1. The number of imidazole rings is 1. The second-order valence-electron chi connectivity index (χ2n) is 4.56. The predicted octanol–water partition coefficient (Wildman–Crippen LogP) is 0.713. The van der Waals surface area contributed by atoms with Crippen molar-refractivity contribution in [3.05, 3.63) is 12.7 Å². The van der Waals surface area contributed by atoms with Gasteiger partial charge in [0.05, 0.1) is 6.33 Å². The molecule has 2 aromatic heterocycles. The second kappa shape index (κ2) is 5.64. The number of nitrogens with zero attached hydrogens (tertiary/aromatic N) is 4. The Morgan fingerprint density at radius 1 is 1.47 bits per heavy atom. The Morgan fingerprint density at radius 3 is 3.00 bits per heavy atom. The van der Waals surface area contributed by atoms with Crippen LogP contribution in [0, 0.1) is 0 Å². The molecule has 0 aliphatic heterocycles. The molecule has 7 nitrogen and oxygen atoms in total. The number of nitrogens with two attached hydrogens (primary N) is 1. The molecule has 0 aliphatic carbocycles. The molecule has 0 radical (unpaired) electrons. The van der Waals surface area contributed by atoms with Crippen LogP contribution in [-0.2, 0) is 11.3 Å². The van der Waals surface area contributed by atoms with Crippen LogP contribution < -0.4 is 11.1 Å². The fourth-order valence-corrected chi connectivity index (χ4v) is 1.99. The van der Waals surface area contributed by atoms with Crippen molar-refractivity contribution < 1.29 is 4.79 Å². The Hall–Kier alpha value is -2.18. The minimum atomic E-state index is -0.0579. The van der Waals surface area contributed by atoms with E-state index in [0.717, 1.165) is 12.8 Å². The summed E-state index contributed by atoms with van der Waals surface area (Å²) in [6.07, 6.45) is 4.93. The summed E-state index contributed by atoms with van der Waals surface area (Å²) in [4.78, 5) is 24.0. The van der Waals surface area contributed by atoms with Gasteiger partial charge in [-0.2, -0.15) is 0 Å². The van der Waals surface area contributed by atoms with Crippen molar-refractivity contribution >= 4 is 22.9 Å². The molecule has 3 N–H and O–H groups in total. The number of anilines is 1. The highest BCUT2D eigenvalue weighted by molar-refractivity contribution is 5.83. The van der Waals surface area contributed by atoms with Crippen LogP contribution in [0.1, 0.15) is 26.7 Å². The molecule has 1 atom stereocenters. The van der Waals surface area contributed by atoms with Gasteiger partial charge in [0.1, 0.15) is 18.4 Å². The van der Waals surface area contributed by atoms with Crippen molar-refractivity contribution in [1.29, 1.82) is 0 Å². The average molecular weight is 262 g/mol. The van der Waals surface area contributed by atoms with Gasteiger partial charge in [0.25, 0.3) is 0 Å². The molecule has 0 saturated carbocycles. The standard InChI is InChI=1S/C12H18N6O/c1-3-4-8(2)17-9(19)5-18-7-16-10-11(13)14-6-15-12(10)18/h6-8H,3-5H2,1-2H3,(H,17,19)(H2,13,14,15). The number of hydrogen-bond acceptors (Lipinski definition) is 5. The fourth-order valence-electron chi connectivity index (χ4n) is 1.99. The van der Waals surface area contributed by atoms with Crippen LogP contribution in [0.3, 0.4) is 0 Å². The first kappa shape index (κ1) is 13.3.